The van der Waals surface area contributed by atoms with Crippen molar-refractivity contribution in [3.05, 3.63) is 75.9 Å². The predicted octanol–water partition coefficient (Wildman–Crippen LogP) is 3.76. The summed E-state index contributed by atoms with van der Waals surface area (Å²) in [5.41, 5.74) is 0.698. The van der Waals surface area contributed by atoms with E-state index in [0.717, 1.165) is 6.42 Å². The van der Waals surface area contributed by atoms with Crippen molar-refractivity contribution >= 4 is 11.6 Å². The fourth-order valence-corrected chi connectivity index (χ4v) is 3.27. The predicted molar refractivity (Wildman–Crippen MR) is 95.8 cm³/mol. The SMILES string of the molecule is O=C(c1cccc([N+](=O)[O-])c1)N1CCC[C@@H]1c1nc(-c2ccc(F)cc2)no1. The zero-order valence-corrected chi connectivity index (χ0v) is 14.6. The Bertz CT molecular complexity index is 1030. The minimum atomic E-state index is -0.536. The first-order chi connectivity index (χ1) is 13.5. The van der Waals surface area contributed by atoms with Crippen molar-refractivity contribution in [2.75, 3.05) is 6.54 Å². The Morgan fingerprint density at radius 3 is 2.79 bits per heavy atom. The van der Waals surface area contributed by atoms with Gasteiger partial charge in [0.2, 0.25) is 11.7 Å². The molecule has 0 aliphatic carbocycles. The lowest BCUT2D eigenvalue weighted by Crippen LogP contribution is -2.30. The molecular weight excluding hydrogens is 367 g/mol. The van der Waals surface area contributed by atoms with Crippen LogP contribution in [0.1, 0.15) is 35.1 Å². The second-order valence-electron chi connectivity index (χ2n) is 6.43. The summed E-state index contributed by atoms with van der Waals surface area (Å²) in [4.78, 5) is 29.3. The highest BCUT2D eigenvalue weighted by Gasteiger charge is 2.35. The van der Waals surface area contributed by atoms with Crippen LogP contribution in [0.5, 0.6) is 0 Å². The van der Waals surface area contributed by atoms with Crippen LogP contribution in [0.2, 0.25) is 0 Å². The average Bonchev–Trinajstić information content (AvgIpc) is 3.37. The number of nitro groups is 1. The number of hydrogen-bond donors (Lipinski definition) is 0. The van der Waals surface area contributed by atoms with Crippen molar-refractivity contribution in [3.8, 4) is 11.4 Å². The van der Waals surface area contributed by atoms with Crippen molar-refractivity contribution in [3.63, 3.8) is 0 Å². The van der Waals surface area contributed by atoms with Gasteiger partial charge in [-0.05, 0) is 43.2 Å². The minimum Gasteiger partial charge on any atom is -0.337 e. The molecule has 1 amide bonds. The van der Waals surface area contributed by atoms with Crippen molar-refractivity contribution in [1.82, 2.24) is 15.0 Å². The fourth-order valence-electron chi connectivity index (χ4n) is 3.27. The fraction of sp³-hybridized carbons (Fsp3) is 0.211. The van der Waals surface area contributed by atoms with E-state index < -0.39 is 11.0 Å². The lowest BCUT2D eigenvalue weighted by atomic mass is 10.1. The Labute approximate surface area is 158 Å². The number of nitrogens with zero attached hydrogens (tertiary/aromatic N) is 4. The number of carbonyl (C=O) groups excluding carboxylic acids is 1. The van der Waals surface area contributed by atoms with E-state index in [4.69, 9.17) is 4.52 Å². The molecule has 142 valence electrons. The minimum absolute atomic E-state index is 0.141. The molecule has 1 aromatic heterocycles. The summed E-state index contributed by atoms with van der Waals surface area (Å²) < 4.78 is 18.4. The lowest BCUT2D eigenvalue weighted by Gasteiger charge is -2.21. The quantitative estimate of drug-likeness (QED) is 0.503. The molecule has 0 N–H and O–H groups in total. The van der Waals surface area contributed by atoms with Gasteiger partial charge in [0.15, 0.2) is 0 Å². The third-order valence-corrected chi connectivity index (χ3v) is 4.65. The number of nitro benzene ring substituents is 1. The van der Waals surface area contributed by atoms with E-state index >= 15 is 0 Å². The topological polar surface area (TPSA) is 102 Å². The Kier molecular flexibility index (Phi) is 4.56. The zero-order chi connectivity index (χ0) is 19.7. The summed E-state index contributed by atoms with van der Waals surface area (Å²) in [6.07, 6.45) is 1.39. The van der Waals surface area contributed by atoms with Crippen molar-refractivity contribution < 1.29 is 18.6 Å². The van der Waals surface area contributed by atoms with Crippen LogP contribution in [0.15, 0.2) is 53.1 Å². The third kappa shape index (κ3) is 3.34. The van der Waals surface area contributed by atoms with Gasteiger partial charge in [0.05, 0.1) is 4.92 Å². The number of benzene rings is 2. The summed E-state index contributed by atoms with van der Waals surface area (Å²) in [6.45, 7) is 0.487. The van der Waals surface area contributed by atoms with Crippen molar-refractivity contribution in [1.29, 1.82) is 0 Å². The van der Waals surface area contributed by atoms with Gasteiger partial charge in [-0.2, -0.15) is 4.98 Å². The number of aromatic nitrogens is 2. The van der Waals surface area contributed by atoms with Crippen LogP contribution >= 0.6 is 0 Å². The molecule has 0 bridgehead atoms. The largest absolute Gasteiger partial charge is 0.337 e. The molecular formula is C19H15FN4O4. The third-order valence-electron chi connectivity index (χ3n) is 4.65. The standard InChI is InChI=1S/C19H15FN4O4/c20-14-8-6-12(7-9-14)17-21-18(28-22-17)16-5-2-10-23(16)19(25)13-3-1-4-15(11-13)24(26)27/h1,3-4,6-9,11,16H,2,5,10H2/t16-/m1/s1. The molecule has 2 aromatic carbocycles. The van der Waals surface area contributed by atoms with Crippen LogP contribution in [0.25, 0.3) is 11.4 Å². The maximum absolute atomic E-state index is 13.1. The van der Waals surface area contributed by atoms with Gasteiger partial charge in [0.25, 0.3) is 11.6 Å². The normalized spacial score (nSPS) is 16.3. The number of non-ortho nitro benzene ring substituents is 1. The summed E-state index contributed by atoms with van der Waals surface area (Å²) in [5, 5.41) is 14.9. The first kappa shape index (κ1) is 17.8. The van der Waals surface area contributed by atoms with Gasteiger partial charge in [0, 0.05) is 29.8 Å². The van der Waals surface area contributed by atoms with E-state index in [1.807, 2.05) is 0 Å². The monoisotopic (exact) mass is 382 g/mol. The van der Waals surface area contributed by atoms with E-state index in [1.54, 1.807) is 23.1 Å². The Balaban J connectivity index is 1.59. The van der Waals surface area contributed by atoms with Crippen LogP contribution in [0.4, 0.5) is 10.1 Å². The number of carbonyl (C=O) groups is 1. The molecule has 2 heterocycles. The molecule has 1 aliphatic rings. The smallest absolute Gasteiger partial charge is 0.270 e. The molecule has 0 spiro atoms. The van der Waals surface area contributed by atoms with Crippen molar-refractivity contribution in [2.45, 2.75) is 18.9 Å². The summed E-state index contributed by atoms with van der Waals surface area (Å²) in [6, 6.07) is 10.9. The number of amides is 1. The molecule has 0 unspecified atom stereocenters. The molecule has 1 aliphatic heterocycles. The number of likely N-dealkylation sites (tertiary alicyclic amines) is 1. The molecule has 28 heavy (non-hydrogen) atoms. The Morgan fingerprint density at radius 2 is 2.04 bits per heavy atom. The second kappa shape index (κ2) is 7.18. The van der Waals surface area contributed by atoms with Gasteiger partial charge >= 0.3 is 0 Å². The molecule has 8 nitrogen and oxygen atoms in total. The molecule has 1 fully saturated rings. The van der Waals surface area contributed by atoms with Gasteiger partial charge in [0.1, 0.15) is 11.9 Å². The van der Waals surface area contributed by atoms with Crippen LogP contribution in [-0.2, 0) is 0 Å². The van der Waals surface area contributed by atoms with Gasteiger partial charge < -0.3 is 9.42 Å². The highest BCUT2D eigenvalue weighted by atomic mass is 19.1. The molecule has 4 rings (SSSR count). The van der Waals surface area contributed by atoms with E-state index in [9.17, 15) is 19.3 Å². The summed E-state index contributed by atoms with van der Waals surface area (Å²) in [5.74, 6) is -0.0926. The van der Waals surface area contributed by atoms with Crippen molar-refractivity contribution in [2.24, 2.45) is 0 Å². The van der Waals surface area contributed by atoms with Gasteiger partial charge in [-0.25, -0.2) is 4.39 Å². The molecule has 3 aromatic rings. The zero-order valence-electron chi connectivity index (χ0n) is 14.6. The Hall–Kier alpha value is -3.62. The van der Waals surface area contributed by atoms with Gasteiger partial charge in [-0.1, -0.05) is 11.2 Å². The van der Waals surface area contributed by atoms with Crippen LogP contribution in [0.3, 0.4) is 0 Å². The molecule has 1 saturated heterocycles. The Morgan fingerprint density at radius 1 is 1.25 bits per heavy atom. The van der Waals surface area contributed by atoms with Gasteiger partial charge in [-0.15, -0.1) is 0 Å². The first-order valence-electron chi connectivity index (χ1n) is 8.68. The number of rotatable bonds is 4. The van der Waals surface area contributed by atoms with Crippen LogP contribution in [0, 0.1) is 15.9 Å². The van der Waals surface area contributed by atoms with Gasteiger partial charge in [-0.3, -0.25) is 14.9 Å². The first-order valence-corrected chi connectivity index (χ1v) is 8.68. The number of hydrogen-bond acceptors (Lipinski definition) is 6. The van der Waals surface area contributed by atoms with E-state index in [2.05, 4.69) is 10.1 Å². The van der Waals surface area contributed by atoms with E-state index in [-0.39, 0.29) is 28.9 Å². The van der Waals surface area contributed by atoms with Crippen LogP contribution < -0.4 is 0 Å². The van der Waals surface area contributed by atoms with E-state index in [1.165, 1.54) is 30.3 Å². The number of halogens is 1. The highest BCUT2D eigenvalue weighted by molar-refractivity contribution is 5.95. The van der Waals surface area contributed by atoms with Crippen LogP contribution in [-0.4, -0.2) is 32.4 Å². The molecule has 1 atom stereocenters. The van der Waals surface area contributed by atoms with E-state index in [0.29, 0.717) is 24.4 Å². The summed E-state index contributed by atoms with van der Waals surface area (Å²) >= 11 is 0. The second-order valence-corrected chi connectivity index (χ2v) is 6.43. The molecule has 9 heteroatoms. The average molecular weight is 382 g/mol. The molecule has 0 radical (unpaired) electrons. The highest BCUT2D eigenvalue weighted by Crippen LogP contribution is 2.33. The maximum Gasteiger partial charge on any atom is 0.270 e. The lowest BCUT2D eigenvalue weighted by molar-refractivity contribution is -0.384. The molecule has 0 saturated carbocycles. The maximum atomic E-state index is 13.1. The summed E-state index contributed by atoms with van der Waals surface area (Å²) in [7, 11) is 0.